The summed E-state index contributed by atoms with van der Waals surface area (Å²) in [6, 6.07) is 3.29. The Morgan fingerprint density at radius 1 is 1.09 bits per heavy atom. The Labute approximate surface area is 137 Å². The molecule has 0 atom stereocenters. The quantitative estimate of drug-likeness (QED) is 0.618. The average molecular weight is 320 g/mol. The van der Waals surface area contributed by atoms with Crippen LogP contribution >= 0.6 is 0 Å². The first kappa shape index (κ1) is 16.5. The predicted molar refractivity (Wildman–Crippen MR) is 88.6 cm³/mol. The van der Waals surface area contributed by atoms with Gasteiger partial charge in [0, 0.05) is 0 Å². The van der Waals surface area contributed by atoms with E-state index in [0.717, 1.165) is 37.5 Å². The molecule has 2 saturated carbocycles. The van der Waals surface area contributed by atoms with E-state index in [0.29, 0.717) is 18.1 Å². The maximum atomic E-state index is 14.3. The molecule has 23 heavy (non-hydrogen) atoms. The minimum Gasteiger partial charge on any atom is -0.491 e. The van der Waals surface area contributed by atoms with Gasteiger partial charge in [0.1, 0.15) is 0 Å². The van der Waals surface area contributed by atoms with Crippen molar-refractivity contribution in [2.45, 2.75) is 51.4 Å². The van der Waals surface area contributed by atoms with Crippen molar-refractivity contribution >= 4 is 0 Å². The van der Waals surface area contributed by atoms with Crippen LogP contribution in [0.1, 0.15) is 56.9 Å². The monoisotopic (exact) mass is 320 g/mol. The normalized spacial score (nSPS) is 30.6. The van der Waals surface area contributed by atoms with Gasteiger partial charge in [-0.3, -0.25) is 0 Å². The van der Waals surface area contributed by atoms with E-state index in [1.165, 1.54) is 12.8 Å². The highest BCUT2D eigenvalue weighted by molar-refractivity contribution is 5.33. The lowest BCUT2D eigenvalue weighted by Crippen LogP contribution is -2.31. The third-order valence-corrected chi connectivity index (χ3v) is 5.80. The number of benzene rings is 1. The van der Waals surface area contributed by atoms with Gasteiger partial charge in [-0.1, -0.05) is 12.1 Å². The maximum absolute atomic E-state index is 14.3. The smallest absolute Gasteiger partial charge is 0.200 e. The fourth-order valence-corrected chi connectivity index (χ4v) is 4.32. The lowest BCUT2D eigenvalue weighted by atomic mass is 9.63. The van der Waals surface area contributed by atoms with Crippen LogP contribution in [0.3, 0.4) is 0 Å². The van der Waals surface area contributed by atoms with Gasteiger partial charge in [-0.2, -0.15) is 4.39 Å². The van der Waals surface area contributed by atoms with Crippen LogP contribution in [0.5, 0.6) is 5.75 Å². The van der Waals surface area contributed by atoms with Crippen LogP contribution in [0, 0.1) is 29.4 Å². The minimum absolute atomic E-state index is 0.0207. The number of hydrogen-bond acceptors (Lipinski definition) is 1. The lowest BCUT2D eigenvalue weighted by Gasteiger charge is -2.42. The second kappa shape index (κ2) is 7.02. The topological polar surface area (TPSA) is 9.23 Å². The SMILES string of the molecule is C=CC1CC(C2CCC(c3ccc(OCC)c(F)c3F)CC2)C1. The van der Waals surface area contributed by atoms with Gasteiger partial charge < -0.3 is 4.74 Å². The summed E-state index contributed by atoms with van der Waals surface area (Å²) < 4.78 is 33.5. The molecule has 0 aliphatic heterocycles. The molecule has 2 aliphatic rings. The van der Waals surface area contributed by atoms with E-state index in [-0.39, 0.29) is 11.7 Å². The number of rotatable bonds is 5. The number of hydrogen-bond donors (Lipinski definition) is 0. The highest BCUT2D eigenvalue weighted by Gasteiger charge is 2.36. The van der Waals surface area contributed by atoms with Crippen LogP contribution in [0.2, 0.25) is 0 Å². The van der Waals surface area contributed by atoms with Crippen molar-refractivity contribution in [3.63, 3.8) is 0 Å². The highest BCUT2D eigenvalue weighted by Crippen LogP contribution is 2.48. The maximum Gasteiger partial charge on any atom is 0.200 e. The highest BCUT2D eigenvalue weighted by atomic mass is 19.2. The van der Waals surface area contributed by atoms with Gasteiger partial charge in [0.25, 0.3) is 0 Å². The van der Waals surface area contributed by atoms with E-state index in [9.17, 15) is 8.78 Å². The van der Waals surface area contributed by atoms with Crippen LogP contribution in [0.15, 0.2) is 24.8 Å². The van der Waals surface area contributed by atoms with Gasteiger partial charge in [0.05, 0.1) is 6.61 Å². The first-order valence-corrected chi connectivity index (χ1v) is 8.87. The molecule has 126 valence electrons. The Morgan fingerprint density at radius 3 is 2.39 bits per heavy atom. The molecule has 0 aromatic heterocycles. The van der Waals surface area contributed by atoms with Crippen LogP contribution in [0.25, 0.3) is 0 Å². The number of ether oxygens (including phenoxy) is 1. The fourth-order valence-electron chi connectivity index (χ4n) is 4.32. The van der Waals surface area contributed by atoms with E-state index in [4.69, 9.17) is 4.74 Å². The standard InChI is InChI=1S/C20H26F2O/c1-3-13-11-16(12-13)14-5-7-15(8-6-14)17-9-10-18(23-4-2)20(22)19(17)21/h3,9-10,13-16H,1,4-8,11-12H2,2H3. The summed E-state index contributed by atoms with van der Waals surface area (Å²) in [6.07, 6.45) is 8.80. The summed E-state index contributed by atoms with van der Waals surface area (Å²) in [5, 5.41) is 0. The molecule has 0 amide bonds. The largest absolute Gasteiger partial charge is 0.491 e. The van der Waals surface area contributed by atoms with Crippen molar-refractivity contribution in [1.82, 2.24) is 0 Å². The van der Waals surface area contributed by atoms with Crippen molar-refractivity contribution < 1.29 is 13.5 Å². The summed E-state index contributed by atoms with van der Waals surface area (Å²) >= 11 is 0. The molecule has 1 aromatic rings. The lowest BCUT2D eigenvalue weighted by molar-refractivity contribution is 0.117. The van der Waals surface area contributed by atoms with Gasteiger partial charge in [-0.05, 0) is 80.8 Å². The van der Waals surface area contributed by atoms with E-state index >= 15 is 0 Å². The zero-order chi connectivity index (χ0) is 16.4. The minimum atomic E-state index is -0.834. The zero-order valence-corrected chi connectivity index (χ0v) is 13.9. The third-order valence-electron chi connectivity index (χ3n) is 5.80. The van der Waals surface area contributed by atoms with Crippen molar-refractivity contribution in [2.24, 2.45) is 17.8 Å². The molecule has 2 fully saturated rings. The first-order chi connectivity index (χ1) is 11.1. The zero-order valence-electron chi connectivity index (χ0n) is 13.9. The van der Waals surface area contributed by atoms with Crippen molar-refractivity contribution in [3.8, 4) is 5.75 Å². The van der Waals surface area contributed by atoms with Crippen LogP contribution in [0.4, 0.5) is 8.78 Å². The Morgan fingerprint density at radius 2 is 1.78 bits per heavy atom. The van der Waals surface area contributed by atoms with Crippen molar-refractivity contribution in [2.75, 3.05) is 6.61 Å². The van der Waals surface area contributed by atoms with Gasteiger partial charge in [-0.15, -0.1) is 6.58 Å². The van der Waals surface area contributed by atoms with Crippen LogP contribution < -0.4 is 4.74 Å². The Hall–Kier alpha value is -1.38. The van der Waals surface area contributed by atoms with Crippen molar-refractivity contribution in [3.05, 3.63) is 42.0 Å². The summed E-state index contributed by atoms with van der Waals surface area (Å²) in [5.41, 5.74) is 0.530. The summed E-state index contributed by atoms with van der Waals surface area (Å²) in [6.45, 7) is 5.97. The van der Waals surface area contributed by atoms with Gasteiger partial charge in [0.15, 0.2) is 11.6 Å². The summed E-state index contributed by atoms with van der Waals surface area (Å²) in [5.74, 6) is 0.905. The second-order valence-corrected chi connectivity index (χ2v) is 7.05. The second-order valence-electron chi connectivity index (χ2n) is 7.05. The van der Waals surface area contributed by atoms with Crippen LogP contribution in [-0.4, -0.2) is 6.61 Å². The van der Waals surface area contributed by atoms with E-state index < -0.39 is 11.6 Å². The molecule has 0 bridgehead atoms. The molecule has 3 heteroatoms. The molecule has 0 N–H and O–H groups in total. The van der Waals surface area contributed by atoms with Gasteiger partial charge in [0.2, 0.25) is 5.82 Å². The van der Waals surface area contributed by atoms with Gasteiger partial charge in [-0.25, -0.2) is 4.39 Å². The van der Waals surface area contributed by atoms with E-state index in [2.05, 4.69) is 12.7 Å². The van der Waals surface area contributed by atoms with E-state index in [1.807, 2.05) is 0 Å². The number of allylic oxidation sites excluding steroid dienone is 1. The summed E-state index contributed by atoms with van der Waals surface area (Å²) in [4.78, 5) is 0. The third kappa shape index (κ3) is 3.29. The molecule has 0 spiro atoms. The molecule has 1 aromatic carbocycles. The molecule has 0 radical (unpaired) electrons. The molecule has 0 heterocycles. The molecule has 3 rings (SSSR count). The fraction of sp³-hybridized carbons (Fsp3) is 0.600. The molecule has 2 aliphatic carbocycles. The summed E-state index contributed by atoms with van der Waals surface area (Å²) in [7, 11) is 0. The Kier molecular flexibility index (Phi) is 5.03. The molecule has 1 nitrogen and oxygen atoms in total. The van der Waals surface area contributed by atoms with Crippen molar-refractivity contribution in [1.29, 1.82) is 0 Å². The predicted octanol–water partition coefficient (Wildman–Crippen LogP) is 5.85. The number of halogens is 2. The average Bonchev–Trinajstić information content (AvgIpc) is 2.52. The molecule has 0 saturated heterocycles. The van der Waals surface area contributed by atoms with Crippen LogP contribution in [-0.2, 0) is 0 Å². The Bertz CT molecular complexity index is 555. The molecular weight excluding hydrogens is 294 g/mol. The molecule has 0 unspecified atom stereocenters. The van der Waals surface area contributed by atoms with E-state index in [1.54, 1.807) is 19.1 Å². The van der Waals surface area contributed by atoms with Gasteiger partial charge >= 0.3 is 0 Å². The first-order valence-electron chi connectivity index (χ1n) is 8.87. The Balaban J connectivity index is 1.61. The molecular formula is C20H26F2O.